The number of amides is 1. The minimum absolute atomic E-state index is 0.0843. The quantitative estimate of drug-likeness (QED) is 0.400. The topological polar surface area (TPSA) is 70.6 Å². The maximum Gasteiger partial charge on any atom is 0.263 e. The summed E-state index contributed by atoms with van der Waals surface area (Å²) < 4.78 is 6.41. The Bertz CT molecular complexity index is 1100. The van der Waals surface area contributed by atoms with Crippen molar-refractivity contribution in [3.63, 3.8) is 0 Å². The van der Waals surface area contributed by atoms with Crippen LogP contribution in [0.1, 0.15) is 28.4 Å². The zero-order valence-corrected chi connectivity index (χ0v) is 20.0. The lowest BCUT2D eigenvalue weighted by Gasteiger charge is -2.23. The predicted molar refractivity (Wildman–Crippen MR) is 134 cm³/mol. The Balaban J connectivity index is 1.60. The number of thioether (sulfide) groups is 1. The summed E-state index contributed by atoms with van der Waals surface area (Å²) in [6, 6.07) is 18.0. The van der Waals surface area contributed by atoms with Crippen LogP contribution in [0.15, 0.2) is 66.0 Å². The second-order valence-electron chi connectivity index (χ2n) is 7.88. The molecule has 0 radical (unpaired) electrons. The third-order valence-electron chi connectivity index (χ3n) is 5.66. The molecule has 0 saturated carbocycles. The molecule has 0 spiro atoms. The van der Waals surface area contributed by atoms with Gasteiger partial charge in [0.2, 0.25) is 0 Å². The summed E-state index contributed by atoms with van der Waals surface area (Å²) in [6.07, 6.45) is 4.31. The first-order valence-electron chi connectivity index (χ1n) is 11.0. The fourth-order valence-corrected chi connectivity index (χ4v) is 4.21. The minimum atomic E-state index is -0.103. The number of aromatic nitrogens is 2. The zero-order chi connectivity index (χ0) is 23.2. The summed E-state index contributed by atoms with van der Waals surface area (Å²) in [5, 5.41) is 3.86. The number of hydrogen-bond acceptors (Lipinski definition) is 7. The van der Waals surface area contributed by atoms with Crippen molar-refractivity contribution in [2.24, 2.45) is 0 Å². The number of nitrogens with zero attached hydrogens (tertiary/aromatic N) is 4. The van der Waals surface area contributed by atoms with Crippen LogP contribution in [-0.2, 0) is 0 Å². The molecular weight excluding hydrogens is 434 g/mol. The van der Waals surface area contributed by atoms with Crippen LogP contribution in [0.3, 0.4) is 0 Å². The minimum Gasteiger partial charge on any atom is -0.486 e. The van der Waals surface area contributed by atoms with E-state index < -0.39 is 0 Å². The van der Waals surface area contributed by atoms with E-state index in [-0.39, 0.29) is 12.0 Å². The van der Waals surface area contributed by atoms with Gasteiger partial charge in [-0.05, 0) is 37.5 Å². The van der Waals surface area contributed by atoms with Crippen molar-refractivity contribution in [1.29, 1.82) is 0 Å². The van der Waals surface area contributed by atoms with Crippen LogP contribution in [0.25, 0.3) is 0 Å². The zero-order valence-electron chi connectivity index (χ0n) is 19.2. The molecule has 4 rings (SSSR count). The Kier molecular flexibility index (Phi) is 7.47. The first kappa shape index (κ1) is 23.1. The van der Waals surface area contributed by atoms with Crippen LogP contribution in [0.5, 0.6) is 5.75 Å². The number of anilines is 2. The Morgan fingerprint density at radius 2 is 1.97 bits per heavy atom. The van der Waals surface area contributed by atoms with Gasteiger partial charge in [0.25, 0.3) is 5.91 Å². The van der Waals surface area contributed by atoms with Crippen molar-refractivity contribution in [3.05, 3.63) is 71.9 Å². The van der Waals surface area contributed by atoms with E-state index in [1.165, 1.54) is 11.8 Å². The molecule has 2 aromatic carbocycles. The van der Waals surface area contributed by atoms with Crippen LogP contribution in [0.2, 0.25) is 0 Å². The SMILES string of the molecule is CNCCC(Oc1cccc(N2CCN(C)c3nc(SC)ncc3C2=O)c1)c1ccccc1. The second-order valence-corrected chi connectivity index (χ2v) is 8.65. The van der Waals surface area contributed by atoms with E-state index in [1.54, 1.807) is 11.1 Å². The maximum atomic E-state index is 13.4. The van der Waals surface area contributed by atoms with Gasteiger partial charge < -0.3 is 19.9 Å². The number of carbonyl (C=O) groups excluding carboxylic acids is 1. The number of rotatable bonds is 8. The number of carbonyl (C=O) groups is 1. The number of nitrogens with one attached hydrogen (secondary N) is 1. The lowest BCUT2D eigenvalue weighted by molar-refractivity contribution is 0.0989. The van der Waals surface area contributed by atoms with E-state index in [1.807, 2.05) is 67.7 Å². The summed E-state index contributed by atoms with van der Waals surface area (Å²) in [5.41, 5.74) is 2.43. The smallest absolute Gasteiger partial charge is 0.263 e. The number of ether oxygens (including phenoxy) is 1. The maximum absolute atomic E-state index is 13.4. The molecule has 0 bridgehead atoms. The van der Waals surface area contributed by atoms with Gasteiger partial charge in [-0.2, -0.15) is 0 Å². The fraction of sp³-hybridized carbons (Fsp3) is 0.320. The molecule has 1 N–H and O–H groups in total. The monoisotopic (exact) mass is 463 g/mol. The average molecular weight is 464 g/mol. The molecule has 2 heterocycles. The largest absolute Gasteiger partial charge is 0.486 e. The average Bonchev–Trinajstić information content (AvgIpc) is 2.98. The number of benzene rings is 2. The molecule has 1 aliphatic heterocycles. The fourth-order valence-electron chi connectivity index (χ4n) is 3.87. The van der Waals surface area contributed by atoms with E-state index in [0.717, 1.165) is 30.0 Å². The highest BCUT2D eigenvalue weighted by Gasteiger charge is 2.28. The molecule has 1 amide bonds. The normalized spacial score (nSPS) is 14.6. The van der Waals surface area contributed by atoms with Crippen LogP contribution in [0.4, 0.5) is 11.5 Å². The first-order chi connectivity index (χ1) is 16.1. The third kappa shape index (κ3) is 5.29. The van der Waals surface area contributed by atoms with Gasteiger partial charge in [-0.25, -0.2) is 9.97 Å². The molecule has 33 heavy (non-hydrogen) atoms. The number of fused-ring (bicyclic) bond motifs is 1. The molecule has 172 valence electrons. The van der Waals surface area contributed by atoms with Gasteiger partial charge in [-0.1, -0.05) is 48.2 Å². The van der Waals surface area contributed by atoms with Gasteiger partial charge in [0.1, 0.15) is 23.2 Å². The van der Waals surface area contributed by atoms with Crippen LogP contribution < -0.4 is 19.9 Å². The van der Waals surface area contributed by atoms with Gasteiger partial charge in [-0.3, -0.25) is 4.79 Å². The van der Waals surface area contributed by atoms with Gasteiger partial charge in [0.15, 0.2) is 5.16 Å². The van der Waals surface area contributed by atoms with Crippen molar-refractivity contribution in [2.45, 2.75) is 17.7 Å². The third-order valence-corrected chi connectivity index (χ3v) is 6.22. The standard InChI is InChI=1S/C25H29N5O2S/c1-26-13-12-22(18-8-5-4-6-9-18)32-20-11-7-10-19(16-20)30-15-14-29(2)23-21(24(30)31)17-27-25(28-23)33-3/h4-11,16-17,22,26H,12-15H2,1-3H3. The summed E-state index contributed by atoms with van der Waals surface area (Å²) in [4.78, 5) is 26.1. The molecule has 0 fully saturated rings. The number of likely N-dealkylation sites (N-methyl/N-ethyl adjacent to an activating group) is 1. The molecule has 3 aromatic rings. The molecule has 1 atom stereocenters. The second kappa shape index (κ2) is 10.7. The van der Waals surface area contributed by atoms with Crippen LogP contribution in [0, 0.1) is 0 Å². The summed E-state index contributed by atoms with van der Waals surface area (Å²) in [5.74, 6) is 1.30. The van der Waals surface area contributed by atoms with Gasteiger partial charge in [0, 0.05) is 44.5 Å². The van der Waals surface area contributed by atoms with Crippen molar-refractivity contribution in [1.82, 2.24) is 15.3 Å². The summed E-state index contributed by atoms with van der Waals surface area (Å²) >= 11 is 1.47. The van der Waals surface area contributed by atoms with Crippen molar-refractivity contribution in [3.8, 4) is 5.75 Å². The Morgan fingerprint density at radius 3 is 2.73 bits per heavy atom. The number of hydrogen-bond donors (Lipinski definition) is 1. The highest BCUT2D eigenvalue weighted by Crippen LogP contribution is 2.31. The molecule has 1 unspecified atom stereocenters. The Labute approximate surface area is 199 Å². The van der Waals surface area contributed by atoms with Gasteiger partial charge in [-0.15, -0.1) is 0 Å². The van der Waals surface area contributed by atoms with Crippen molar-refractivity contribution in [2.75, 3.05) is 49.8 Å². The lowest BCUT2D eigenvalue weighted by Crippen LogP contribution is -2.33. The van der Waals surface area contributed by atoms with Gasteiger partial charge >= 0.3 is 0 Å². The predicted octanol–water partition coefficient (Wildman–Crippen LogP) is 4.02. The first-order valence-corrected chi connectivity index (χ1v) is 12.2. The van der Waals surface area contributed by atoms with E-state index in [4.69, 9.17) is 4.74 Å². The molecule has 7 nitrogen and oxygen atoms in total. The lowest BCUT2D eigenvalue weighted by atomic mass is 10.1. The highest BCUT2D eigenvalue weighted by molar-refractivity contribution is 7.98. The van der Waals surface area contributed by atoms with Gasteiger partial charge in [0.05, 0.1) is 0 Å². The summed E-state index contributed by atoms with van der Waals surface area (Å²) in [7, 11) is 3.90. The van der Waals surface area contributed by atoms with Crippen LogP contribution in [-0.4, -0.2) is 55.9 Å². The molecule has 1 aliphatic rings. The molecule has 0 aliphatic carbocycles. The van der Waals surface area contributed by atoms with E-state index in [2.05, 4.69) is 27.4 Å². The Morgan fingerprint density at radius 1 is 1.15 bits per heavy atom. The highest BCUT2D eigenvalue weighted by atomic mass is 32.2. The summed E-state index contributed by atoms with van der Waals surface area (Å²) in [6.45, 7) is 2.06. The van der Waals surface area contributed by atoms with Crippen LogP contribution >= 0.6 is 11.8 Å². The van der Waals surface area contributed by atoms with E-state index in [9.17, 15) is 4.79 Å². The molecule has 1 aromatic heterocycles. The Hall–Kier alpha value is -3.10. The van der Waals surface area contributed by atoms with Crippen molar-refractivity contribution < 1.29 is 9.53 Å². The molecule has 8 heteroatoms. The molecular formula is C25H29N5O2S. The molecule has 0 saturated heterocycles. The van der Waals surface area contributed by atoms with E-state index >= 15 is 0 Å². The van der Waals surface area contributed by atoms with Crippen molar-refractivity contribution >= 4 is 29.2 Å². The van der Waals surface area contributed by atoms with E-state index in [0.29, 0.717) is 29.6 Å².